The third kappa shape index (κ3) is 4.07. The lowest BCUT2D eigenvalue weighted by Gasteiger charge is -2.28. The van der Waals surface area contributed by atoms with E-state index in [2.05, 4.69) is 46.4 Å². The Kier molecular flexibility index (Phi) is 3.60. The highest BCUT2D eigenvalue weighted by Crippen LogP contribution is 2.29. The molecule has 0 N–H and O–H groups in total. The van der Waals surface area contributed by atoms with Gasteiger partial charge in [-0.15, -0.1) is 0 Å². The van der Waals surface area contributed by atoms with Crippen molar-refractivity contribution < 1.29 is 0 Å². The Balaban J connectivity index is 3.73. The van der Waals surface area contributed by atoms with Gasteiger partial charge in [0.05, 0.1) is 9.68 Å². The Bertz CT molecular complexity index is 93.9. The molecule has 0 aliphatic heterocycles. The first-order valence-electron chi connectivity index (χ1n) is 3.98. The SMILES string of the molecule is CC([SiH2]N(C)C)C(C)(C)C. The maximum absolute atomic E-state index is 2.38. The van der Waals surface area contributed by atoms with Crippen LogP contribution in [0.2, 0.25) is 5.54 Å². The molecule has 0 aliphatic rings. The molecular weight excluding hydrogens is 138 g/mol. The number of nitrogens with zero attached hydrogens (tertiary/aromatic N) is 1. The van der Waals surface area contributed by atoms with Crippen molar-refractivity contribution in [1.82, 2.24) is 4.57 Å². The van der Waals surface area contributed by atoms with Gasteiger partial charge in [-0.3, -0.25) is 0 Å². The third-order valence-corrected chi connectivity index (χ3v) is 4.62. The summed E-state index contributed by atoms with van der Waals surface area (Å²) in [5.74, 6) is 0. The molecule has 0 aliphatic carbocycles. The molecule has 0 bridgehead atoms. The van der Waals surface area contributed by atoms with Gasteiger partial charge in [-0.05, 0) is 25.1 Å². The molecule has 1 unspecified atom stereocenters. The summed E-state index contributed by atoms with van der Waals surface area (Å²) in [7, 11) is 4.38. The lowest BCUT2D eigenvalue weighted by atomic mass is 9.93. The highest BCUT2D eigenvalue weighted by atomic mass is 28.2. The topological polar surface area (TPSA) is 3.24 Å². The Hall–Kier alpha value is 0.177. The van der Waals surface area contributed by atoms with Crippen molar-refractivity contribution in [2.45, 2.75) is 33.2 Å². The van der Waals surface area contributed by atoms with Gasteiger partial charge in [-0.1, -0.05) is 27.7 Å². The summed E-state index contributed by atoms with van der Waals surface area (Å²) in [6.07, 6.45) is 0. The molecule has 0 aromatic carbocycles. The normalized spacial score (nSPS) is 17.1. The fourth-order valence-electron chi connectivity index (χ4n) is 0.822. The van der Waals surface area contributed by atoms with Crippen LogP contribution in [-0.4, -0.2) is 28.3 Å². The van der Waals surface area contributed by atoms with E-state index in [-0.39, 0.29) is 9.68 Å². The van der Waals surface area contributed by atoms with Gasteiger partial charge in [0, 0.05) is 0 Å². The Morgan fingerprint density at radius 1 is 1.20 bits per heavy atom. The van der Waals surface area contributed by atoms with E-state index in [1.165, 1.54) is 0 Å². The minimum atomic E-state index is -0.000386. The maximum atomic E-state index is 2.38. The minimum Gasteiger partial charge on any atom is -0.334 e. The van der Waals surface area contributed by atoms with Gasteiger partial charge < -0.3 is 4.57 Å². The first-order valence-corrected chi connectivity index (χ1v) is 5.43. The van der Waals surface area contributed by atoms with Crippen molar-refractivity contribution in [2.24, 2.45) is 5.41 Å². The Morgan fingerprint density at radius 3 is 1.70 bits per heavy atom. The van der Waals surface area contributed by atoms with Crippen LogP contribution in [0.5, 0.6) is 0 Å². The van der Waals surface area contributed by atoms with Crippen LogP contribution in [0, 0.1) is 5.41 Å². The molecule has 0 spiro atoms. The second-order valence-corrected chi connectivity index (χ2v) is 7.38. The van der Waals surface area contributed by atoms with Crippen molar-refractivity contribution in [1.29, 1.82) is 0 Å². The third-order valence-electron chi connectivity index (χ3n) is 2.12. The van der Waals surface area contributed by atoms with E-state index in [9.17, 15) is 0 Å². The molecule has 0 saturated carbocycles. The van der Waals surface area contributed by atoms with Gasteiger partial charge >= 0.3 is 0 Å². The summed E-state index contributed by atoms with van der Waals surface area (Å²) in [6.45, 7) is 9.35. The van der Waals surface area contributed by atoms with Crippen LogP contribution in [0.4, 0.5) is 0 Å². The predicted octanol–water partition coefficient (Wildman–Crippen LogP) is 1.49. The molecule has 0 rings (SSSR count). The van der Waals surface area contributed by atoms with Crippen LogP contribution in [-0.2, 0) is 0 Å². The summed E-state index contributed by atoms with van der Waals surface area (Å²) in [5.41, 5.74) is 1.42. The molecule has 1 nitrogen and oxygen atoms in total. The highest BCUT2D eigenvalue weighted by molar-refractivity contribution is 6.34. The van der Waals surface area contributed by atoms with E-state index in [0.717, 1.165) is 5.54 Å². The molecule has 0 saturated heterocycles. The molecule has 0 radical (unpaired) electrons. The molecule has 0 amide bonds. The first-order chi connectivity index (χ1) is 4.34. The van der Waals surface area contributed by atoms with Crippen LogP contribution in [0.3, 0.4) is 0 Å². The summed E-state index contributed by atoms with van der Waals surface area (Å²) < 4.78 is 2.38. The van der Waals surface area contributed by atoms with Gasteiger partial charge in [-0.25, -0.2) is 0 Å². The second-order valence-electron chi connectivity index (χ2n) is 4.53. The Morgan fingerprint density at radius 2 is 1.60 bits per heavy atom. The summed E-state index contributed by atoms with van der Waals surface area (Å²) in [5, 5.41) is 0. The van der Waals surface area contributed by atoms with Gasteiger partial charge in [0.2, 0.25) is 0 Å². The van der Waals surface area contributed by atoms with Crippen LogP contribution in [0.25, 0.3) is 0 Å². The smallest absolute Gasteiger partial charge is 0.0976 e. The largest absolute Gasteiger partial charge is 0.334 e. The lowest BCUT2D eigenvalue weighted by molar-refractivity contribution is 0.384. The highest BCUT2D eigenvalue weighted by Gasteiger charge is 2.20. The number of rotatable bonds is 2. The first kappa shape index (κ1) is 10.2. The standard InChI is InChI=1S/C8H21NSi/c1-7(8(2,3)4)10-9(5)6/h7H,10H2,1-6H3. The summed E-state index contributed by atoms with van der Waals surface area (Å²) in [6, 6.07) is 0. The molecular formula is C8H21NSi. The Labute approximate surface area is 67.7 Å². The molecule has 0 aromatic heterocycles. The van der Waals surface area contributed by atoms with Crippen molar-refractivity contribution in [3.63, 3.8) is 0 Å². The summed E-state index contributed by atoms with van der Waals surface area (Å²) >= 11 is 0. The van der Waals surface area contributed by atoms with E-state index in [1.807, 2.05) is 0 Å². The van der Waals surface area contributed by atoms with Crippen LogP contribution in [0.15, 0.2) is 0 Å². The molecule has 2 heteroatoms. The zero-order valence-electron chi connectivity index (χ0n) is 8.23. The molecule has 0 aromatic rings. The zero-order valence-corrected chi connectivity index (χ0v) is 9.65. The average Bonchev–Trinajstić information content (AvgIpc) is 1.60. The fraction of sp³-hybridized carbons (Fsp3) is 1.00. The van der Waals surface area contributed by atoms with Crippen LogP contribution >= 0.6 is 0 Å². The van der Waals surface area contributed by atoms with Gasteiger partial charge in [0.15, 0.2) is 0 Å². The van der Waals surface area contributed by atoms with E-state index < -0.39 is 0 Å². The monoisotopic (exact) mass is 159 g/mol. The zero-order chi connectivity index (χ0) is 8.36. The van der Waals surface area contributed by atoms with Crippen molar-refractivity contribution >= 4 is 9.68 Å². The predicted molar refractivity (Wildman–Crippen MR) is 51.1 cm³/mol. The molecule has 0 heterocycles. The van der Waals surface area contributed by atoms with Gasteiger partial charge in [-0.2, -0.15) is 0 Å². The quantitative estimate of drug-likeness (QED) is 0.552. The maximum Gasteiger partial charge on any atom is 0.0976 e. The fourth-order valence-corrected chi connectivity index (χ4v) is 2.46. The van der Waals surface area contributed by atoms with E-state index in [1.54, 1.807) is 0 Å². The van der Waals surface area contributed by atoms with E-state index in [4.69, 9.17) is 0 Å². The van der Waals surface area contributed by atoms with E-state index in [0.29, 0.717) is 5.41 Å². The minimum absolute atomic E-state index is 0.000386. The number of hydrogen-bond acceptors (Lipinski definition) is 1. The van der Waals surface area contributed by atoms with E-state index >= 15 is 0 Å². The second kappa shape index (κ2) is 3.53. The van der Waals surface area contributed by atoms with Crippen LogP contribution in [0.1, 0.15) is 27.7 Å². The lowest BCUT2D eigenvalue weighted by Crippen LogP contribution is -2.28. The van der Waals surface area contributed by atoms with Crippen molar-refractivity contribution in [2.75, 3.05) is 14.1 Å². The number of hydrogen-bond donors (Lipinski definition) is 0. The van der Waals surface area contributed by atoms with Crippen molar-refractivity contribution in [3.8, 4) is 0 Å². The van der Waals surface area contributed by atoms with Crippen molar-refractivity contribution in [3.05, 3.63) is 0 Å². The van der Waals surface area contributed by atoms with Crippen LogP contribution < -0.4 is 0 Å². The molecule has 10 heavy (non-hydrogen) atoms. The molecule has 0 fully saturated rings. The average molecular weight is 159 g/mol. The van der Waals surface area contributed by atoms with Gasteiger partial charge in [0.25, 0.3) is 0 Å². The van der Waals surface area contributed by atoms with Gasteiger partial charge in [0.1, 0.15) is 0 Å². The summed E-state index contributed by atoms with van der Waals surface area (Å²) in [4.78, 5) is 0. The molecule has 1 atom stereocenters. The molecule has 62 valence electrons.